The lowest BCUT2D eigenvalue weighted by Crippen LogP contribution is -2.34. The molecule has 1 N–H and O–H groups in total. The van der Waals surface area contributed by atoms with E-state index >= 15 is 0 Å². The van der Waals surface area contributed by atoms with Crippen molar-refractivity contribution < 1.29 is 32.5 Å². The second-order valence-corrected chi connectivity index (χ2v) is 11.9. The normalized spacial score (nSPS) is 16.6. The van der Waals surface area contributed by atoms with Gasteiger partial charge in [0.15, 0.2) is 0 Å². The van der Waals surface area contributed by atoms with Crippen molar-refractivity contribution in [3.05, 3.63) is 119 Å². The molecule has 2 aliphatic heterocycles. The van der Waals surface area contributed by atoms with Crippen LogP contribution in [0, 0.1) is 0 Å². The van der Waals surface area contributed by atoms with E-state index in [0.29, 0.717) is 50.3 Å². The van der Waals surface area contributed by atoms with E-state index in [4.69, 9.17) is 14.5 Å². The molecule has 236 valence electrons. The van der Waals surface area contributed by atoms with Crippen molar-refractivity contribution in [3.8, 4) is 16.9 Å². The van der Waals surface area contributed by atoms with Crippen LogP contribution in [0.3, 0.4) is 0 Å². The Hall–Kier alpha value is -4.67. The number of carbonyl (C=O) groups is 1. The van der Waals surface area contributed by atoms with Crippen LogP contribution in [-0.2, 0) is 43.6 Å². The average molecular weight is 628 g/mol. The number of alkyl halides is 3. The number of imidazole rings is 1. The molecular formula is C36H32F3N3O4. The van der Waals surface area contributed by atoms with Gasteiger partial charge in [-0.15, -0.1) is 0 Å². The monoisotopic (exact) mass is 627 g/mol. The predicted molar refractivity (Wildman–Crippen MR) is 167 cm³/mol. The Kier molecular flexibility index (Phi) is 8.00. The van der Waals surface area contributed by atoms with Gasteiger partial charge < -0.3 is 19.1 Å². The second-order valence-electron chi connectivity index (χ2n) is 11.9. The molecule has 7 nitrogen and oxygen atoms in total. The zero-order valence-corrected chi connectivity index (χ0v) is 25.0. The van der Waals surface area contributed by atoms with Gasteiger partial charge in [-0.25, -0.2) is 9.78 Å². The summed E-state index contributed by atoms with van der Waals surface area (Å²) in [6.07, 6.45) is -3.16. The molecule has 0 radical (unpaired) electrons. The fourth-order valence-electron chi connectivity index (χ4n) is 6.17. The zero-order chi connectivity index (χ0) is 31.8. The van der Waals surface area contributed by atoms with Crippen molar-refractivity contribution in [1.29, 1.82) is 0 Å². The third-order valence-electron chi connectivity index (χ3n) is 8.77. The molecule has 2 aliphatic rings. The minimum atomic E-state index is -4.55. The number of rotatable bonds is 9. The van der Waals surface area contributed by atoms with Gasteiger partial charge in [0.1, 0.15) is 18.2 Å². The number of carboxylic acids is 1. The zero-order valence-electron chi connectivity index (χ0n) is 25.0. The third kappa shape index (κ3) is 6.23. The first-order valence-electron chi connectivity index (χ1n) is 15.3. The molecule has 10 heteroatoms. The topological polar surface area (TPSA) is 76.8 Å². The van der Waals surface area contributed by atoms with E-state index in [-0.39, 0.29) is 24.0 Å². The Morgan fingerprint density at radius 1 is 0.978 bits per heavy atom. The number of nitrogens with zero attached hydrogens (tertiary/aromatic N) is 3. The number of aromatic carboxylic acids is 1. The summed E-state index contributed by atoms with van der Waals surface area (Å²) in [6.45, 7) is 2.69. The molecule has 0 unspecified atom stereocenters. The van der Waals surface area contributed by atoms with Gasteiger partial charge in [0.05, 0.1) is 41.4 Å². The van der Waals surface area contributed by atoms with Crippen LogP contribution in [0.25, 0.3) is 22.2 Å². The molecule has 46 heavy (non-hydrogen) atoms. The van der Waals surface area contributed by atoms with Crippen LogP contribution in [0.2, 0.25) is 0 Å². The first-order chi connectivity index (χ1) is 22.2. The lowest BCUT2D eigenvalue weighted by atomic mass is 9.96. The number of fused-ring (bicyclic) bond motifs is 2. The Morgan fingerprint density at radius 2 is 1.74 bits per heavy atom. The highest BCUT2D eigenvalue weighted by atomic mass is 19.4. The largest absolute Gasteiger partial charge is 0.488 e. The van der Waals surface area contributed by atoms with Crippen molar-refractivity contribution in [2.24, 2.45) is 0 Å². The molecule has 0 aliphatic carbocycles. The Morgan fingerprint density at radius 3 is 2.43 bits per heavy atom. The molecule has 0 spiro atoms. The molecule has 7 rings (SSSR count). The Labute approximate surface area is 263 Å². The van der Waals surface area contributed by atoms with E-state index in [9.17, 15) is 23.1 Å². The van der Waals surface area contributed by atoms with Crippen LogP contribution in [0.15, 0.2) is 84.9 Å². The number of benzene rings is 4. The van der Waals surface area contributed by atoms with Gasteiger partial charge in [-0.05, 0) is 71.0 Å². The van der Waals surface area contributed by atoms with Gasteiger partial charge in [-0.3, -0.25) is 4.90 Å². The maximum absolute atomic E-state index is 14.2. The fourth-order valence-corrected chi connectivity index (χ4v) is 6.17. The molecule has 4 aromatic carbocycles. The van der Waals surface area contributed by atoms with Crippen molar-refractivity contribution in [2.75, 3.05) is 13.2 Å². The van der Waals surface area contributed by atoms with E-state index in [1.807, 2.05) is 59.2 Å². The summed E-state index contributed by atoms with van der Waals surface area (Å²) >= 11 is 0. The third-order valence-corrected chi connectivity index (χ3v) is 8.77. The molecule has 1 atom stereocenters. The molecule has 5 aromatic rings. The molecule has 1 aromatic heterocycles. The van der Waals surface area contributed by atoms with Crippen molar-refractivity contribution >= 4 is 17.0 Å². The van der Waals surface area contributed by atoms with Crippen LogP contribution in [-0.4, -0.2) is 44.8 Å². The van der Waals surface area contributed by atoms with Gasteiger partial charge in [-0.2, -0.15) is 13.2 Å². The maximum atomic E-state index is 14.2. The maximum Gasteiger partial charge on any atom is 0.419 e. The van der Waals surface area contributed by atoms with E-state index in [2.05, 4.69) is 4.90 Å². The average Bonchev–Trinajstić information content (AvgIpc) is 3.37. The predicted octanol–water partition coefficient (Wildman–Crippen LogP) is 7.35. The molecule has 1 saturated heterocycles. The number of carboxylic acid groups (broad SMARTS) is 1. The summed E-state index contributed by atoms with van der Waals surface area (Å²) in [5.74, 6) is -0.432. The van der Waals surface area contributed by atoms with Crippen LogP contribution in [0.1, 0.15) is 44.9 Å². The van der Waals surface area contributed by atoms with Crippen molar-refractivity contribution in [2.45, 2.75) is 51.4 Å². The Balaban J connectivity index is 1.12. The van der Waals surface area contributed by atoms with Crippen LogP contribution in [0.5, 0.6) is 5.75 Å². The second kappa shape index (κ2) is 12.3. The fraction of sp³-hybridized carbons (Fsp3) is 0.278. The summed E-state index contributed by atoms with van der Waals surface area (Å²) in [5.41, 5.74) is 5.13. The first-order valence-corrected chi connectivity index (χ1v) is 15.3. The molecular weight excluding hydrogens is 595 g/mol. The number of halogens is 3. The first kappa shape index (κ1) is 30.0. The highest BCUT2D eigenvalue weighted by Crippen LogP contribution is 2.40. The van der Waals surface area contributed by atoms with Crippen LogP contribution < -0.4 is 4.74 Å². The minimum absolute atomic E-state index is 0.00619. The SMILES string of the molecule is O=C(O)c1ccc2nc(CN3CCc4cc(C(F)(F)F)c(OCc5ccc(-c6ccccc6)cc5)cc4C3)n(C[C@@H]3CCO3)c2c1. The smallest absolute Gasteiger partial charge is 0.419 e. The summed E-state index contributed by atoms with van der Waals surface area (Å²) < 4.78 is 56.0. The number of aromatic nitrogens is 2. The minimum Gasteiger partial charge on any atom is -0.488 e. The highest BCUT2D eigenvalue weighted by Gasteiger charge is 2.36. The van der Waals surface area contributed by atoms with Crippen LogP contribution >= 0.6 is 0 Å². The van der Waals surface area contributed by atoms with E-state index < -0.39 is 17.7 Å². The Bertz CT molecular complexity index is 1880. The lowest BCUT2D eigenvalue weighted by molar-refractivity contribution is -0.139. The quantitative estimate of drug-likeness (QED) is 0.184. The molecule has 1 fully saturated rings. The van der Waals surface area contributed by atoms with Gasteiger partial charge >= 0.3 is 12.1 Å². The highest BCUT2D eigenvalue weighted by molar-refractivity contribution is 5.92. The van der Waals surface area contributed by atoms with Gasteiger partial charge in [0, 0.05) is 19.7 Å². The number of ether oxygens (including phenoxy) is 2. The summed E-state index contributed by atoms with van der Waals surface area (Å²) in [5, 5.41) is 9.54. The number of hydrogen-bond donors (Lipinski definition) is 1. The van der Waals surface area contributed by atoms with Crippen molar-refractivity contribution in [3.63, 3.8) is 0 Å². The summed E-state index contributed by atoms with van der Waals surface area (Å²) in [6, 6.07) is 25.2. The van der Waals surface area contributed by atoms with Gasteiger partial charge in [-0.1, -0.05) is 54.6 Å². The van der Waals surface area contributed by atoms with E-state index in [0.717, 1.165) is 40.0 Å². The molecule has 0 saturated carbocycles. The van der Waals surface area contributed by atoms with Gasteiger partial charge in [0.2, 0.25) is 0 Å². The van der Waals surface area contributed by atoms with E-state index in [1.54, 1.807) is 18.2 Å². The van der Waals surface area contributed by atoms with Crippen LogP contribution in [0.4, 0.5) is 13.2 Å². The van der Waals surface area contributed by atoms with E-state index in [1.165, 1.54) is 12.1 Å². The lowest BCUT2D eigenvalue weighted by Gasteiger charge is -2.31. The molecule has 0 amide bonds. The van der Waals surface area contributed by atoms with Crippen molar-refractivity contribution in [1.82, 2.24) is 14.5 Å². The summed E-state index contributed by atoms with van der Waals surface area (Å²) in [4.78, 5) is 18.6. The standard InChI is InChI=1S/C36H32F3N3O4/c37-36(38,39)30-16-26-12-14-41(21-34-40-31-11-10-27(35(43)44)17-32(31)42(34)20-29-13-15-45-29)19-28(26)18-33(30)46-22-23-6-8-25(9-7-23)24-4-2-1-3-5-24/h1-11,16-18,29H,12-15,19-22H2,(H,43,44)/t29-/m0/s1. The summed E-state index contributed by atoms with van der Waals surface area (Å²) in [7, 11) is 0. The molecule has 0 bridgehead atoms. The number of hydrogen-bond acceptors (Lipinski definition) is 5. The molecule has 3 heterocycles. The van der Waals surface area contributed by atoms with Gasteiger partial charge in [0.25, 0.3) is 0 Å².